The summed E-state index contributed by atoms with van der Waals surface area (Å²) in [6.45, 7) is 7.28. The van der Waals surface area contributed by atoms with Crippen LogP contribution < -0.4 is 0 Å². The van der Waals surface area contributed by atoms with Gasteiger partial charge < -0.3 is 9.80 Å². The highest BCUT2D eigenvalue weighted by Crippen LogP contribution is 2.23. The number of hydrogen-bond donors (Lipinski definition) is 0. The predicted molar refractivity (Wildman–Crippen MR) is 83.8 cm³/mol. The van der Waals surface area contributed by atoms with E-state index in [0.717, 1.165) is 64.7 Å². The van der Waals surface area contributed by atoms with E-state index in [1.807, 2.05) is 9.80 Å². The Bertz CT molecular complexity index is 367. The Morgan fingerprint density at radius 1 is 0.952 bits per heavy atom. The first-order chi connectivity index (χ1) is 10.2. The molecule has 0 atom stereocenters. The fourth-order valence-corrected chi connectivity index (χ4v) is 3.31. The van der Waals surface area contributed by atoms with Crippen LogP contribution in [0.5, 0.6) is 0 Å². The summed E-state index contributed by atoms with van der Waals surface area (Å²) in [6.07, 6.45) is 9.26. The molecule has 2 heterocycles. The summed E-state index contributed by atoms with van der Waals surface area (Å²) in [5.41, 5.74) is 0. The molecule has 2 aliphatic heterocycles. The number of hydrogen-bond acceptors (Lipinski definition) is 2. The van der Waals surface area contributed by atoms with Gasteiger partial charge in [-0.05, 0) is 44.4 Å². The van der Waals surface area contributed by atoms with Crippen LogP contribution in [0.1, 0.15) is 51.4 Å². The van der Waals surface area contributed by atoms with Crippen molar-refractivity contribution in [3.05, 3.63) is 12.7 Å². The number of allylic oxidation sites excluding steroid dienone is 1. The molecule has 21 heavy (non-hydrogen) atoms. The second kappa shape index (κ2) is 8.20. The number of carbonyl (C=O) groups excluding carboxylic acids is 2. The zero-order valence-corrected chi connectivity index (χ0v) is 13.1. The normalized spacial score (nSPS) is 19.8. The third-order valence-corrected chi connectivity index (χ3v) is 4.75. The molecule has 2 aliphatic rings. The fourth-order valence-electron chi connectivity index (χ4n) is 3.31. The van der Waals surface area contributed by atoms with Crippen molar-refractivity contribution in [2.75, 3.05) is 26.2 Å². The Balaban J connectivity index is 1.63. The zero-order chi connectivity index (χ0) is 15.1. The molecule has 0 aliphatic carbocycles. The van der Waals surface area contributed by atoms with E-state index in [2.05, 4.69) is 6.58 Å². The topological polar surface area (TPSA) is 40.6 Å². The average Bonchev–Trinajstić information content (AvgIpc) is 3.05. The van der Waals surface area contributed by atoms with Crippen LogP contribution in [0.4, 0.5) is 0 Å². The lowest BCUT2D eigenvalue weighted by Gasteiger charge is -2.32. The van der Waals surface area contributed by atoms with Crippen LogP contribution in [0.2, 0.25) is 0 Å². The van der Waals surface area contributed by atoms with Crippen molar-refractivity contribution in [3.63, 3.8) is 0 Å². The summed E-state index contributed by atoms with van der Waals surface area (Å²) in [6, 6.07) is 0. The van der Waals surface area contributed by atoms with E-state index in [4.69, 9.17) is 0 Å². The maximum Gasteiger partial charge on any atom is 0.222 e. The van der Waals surface area contributed by atoms with Crippen molar-refractivity contribution in [2.24, 2.45) is 5.92 Å². The van der Waals surface area contributed by atoms with E-state index in [-0.39, 0.29) is 5.91 Å². The monoisotopic (exact) mass is 292 g/mol. The van der Waals surface area contributed by atoms with Crippen molar-refractivity contribution in [1.29, 1.82) is 0 Å². The lowest BCUT2D eigenvalue weighted by atomic mass is 9.91. The van der Waals surface area contributed by atoms with Crippen molar-refractivity contribution >= 4 is 11.8 Å². The molecule has 0 saturated carbocycles. The van der Waals surface area contributed by atoms with E-state index in [1.54, 1.807) is 6.08 Å². The lowest BCUT2D eigenvalue weighted by molar-refractivity contribution is -0.133. The van der Waals surface area contributed by atoms with Gasteiger partial charge in [-0.2, -0.15) is 0 Å². The summed E-state index contributed by atoms with van der Waals surface area (Å²) in [7, 11) is 0. The molecular weight excluding hydrogens is 264 g/mol. The minimum Gasteiger partial charge on any atom is -0.343 e. The molecule has 118 valence electrons. The van der Waals surface area contributed by atoms with Crippen molar-refractivity contribution in [3.8, 4) is 0 Å². The van der Waals surface area contributed by atoms with Gasteiger partial charge in [-0.3, -0.25) is 9.59 Å². The molecular formula is C17H28N2O2. The van der Waals surface area contributed by atoms with Crippen LogP contribution in [0.25, 0.3) is 0 Å². The van der Waals surface area contributed by atoms with E-state index in [1.165, 1.54) is 0 Å². The maximum atomic E-state index is 12.0. The third kappa shape index (κ3) is 4.87. The number of amides is 2. The van der Waals surface area contributed by atoms with Crippen molar-refractivity contribution < 1.29 is 9.59 Å². The minimum atomic E-state index is 0.251. The van der Waals surface area contributed by atoms with Crippen molar-refractivity contribution in [1.82, 2.24) is 9.80 Å². The molecule has 2 rings (SSSR count). The van der Waals surface area contributed by atoms with Gasteiger partial charge >= 0.3 is 0 Å². The zero-order valence-electron chi connectivity index (χ0n) is 13.1. The Kier molecular flexibility index (Phi) is 6.27. The summed E-state index contributed by atoms with van der Waals surface area (Å²) in [5, 5.41) is 0. The molecule has 0 bridgehead atoms. The van der Waals surface area contributed by atoms with Crippen LogP contribution in [0.15, 0.2) is 12.7 Å². The number of piperidine rings is 1. The van der Waals surface area contributed by atoms with Gasteiger partial charge in [0.1, 0.15) is 0 Å². The Morgan fingerprint density at radius 3 is 2.14 bits per heavy atom. The van der Waals surface area contributed by atoms with E-state index < -0.39 is 0 Å². The van der Waals surface area contributed by atoms with Gasteiger partial charge in [0.2, 0.25) is 11.8 Å². The Morgan fingerprint density at radius 2 is 1.52 bits per heavy atom. The van der Waals surface area contributed by atoms with Gasteiger partial charge in [0.15, 0.2) is 0 Å². The maximum absolute atomic E-state index is 12.0. The highest BCUT2D eigenvalue weighted by atomic mass is 16.2. The number of likely N-dealkylation sites (tertiary alicyclic amines) is 2. The van der Waals surface area contributed by atoms with Gasteiger partial charge in [0.05, 0.1) is 0 Å². The molecule has 0 spiro atoms. The van der Waals surface area contributed by atoms with Gasteiger partial charge in [0.25, 0.3) is 0 Å². The molecule has 0 aromatic heterocycles. The average molecular weight is 292 g/mol. The first-order valence-electron chi connectivity index (χ1n) is 8.37. The molecule has 2 saturated heterocycles. The van der Waals surface area contributed by atoms with Crippen LogP contribution >= 0.6 is 0 Å². The van der Waals surface area contributed by atoms with Crippen LogP contribution in [0, 0.1) is 5.92 Å². The molecule has 0 N–H and O–H groups in total. The first-order valence-corrected chi connectivity index (χ1v) is 8.37. The molecule has 0 radical (unpaired) electrons. The van der Waals surface area contributed by atoms with Gasteiger partial charge in [0, 0.05) is 39.0 Å². The van der Waals surface area contributed by atoms with Crippen LogP contribution in [0.3, 0.4) is 0 Å². The van der Waals surface area contributed by atoms with E-state index in [0.29, 0.717) is 24.7 Å². The summed E-state index contributed by atoms with van der Waals surface area (Å²) >= 11 is 0. The summed E-state index contributed by atoms with van der Waals surface area (Å²) < 4.78 is 0. The SMILES string of the molecule is C=CCCC(=O)N1CCC(CCC(=O)N2CCCC2)CC1. The highest BCUT2D eigenvalue weighted by molar-refractivity contribution is 5.77. The molecule has 2 amide bonds. The standard InChI is InChI=1S/C17H28N2O2/c1-2-3-6-16(20)19-13-9-15(10-14-19)7-8-17(21)18-11-4-5-12-18/h2,15H,1,3-14H2. The molecule has 4 heteroatoms. The number of nitrogens with zero attached hydrogens (tertiary/aromatic N) is 2. The highest BCUT2D eigenvalue weighted by Gasteiger charge is 2.24. The minimum absolute atomic E-state index is 0.251. The fraction of sp³-hybridized carbons (Fsp3) is 0.765. The molecule has 0 unspecified atom stereocenters. The molecule has 0 aromatic rings. The number of rotatable bonds is 6. The van der Waals surface area contributed by atoms with E-state index >= 15 is 0 Å². The largest absolute Gasteiger partial charge is 0.343 e. The third-order valence-electron chi connectivity index (χ3n) is 4.75. The van der Waals surface area contributed by atoms with E-state index in [9.17, 15) is 9.59 Å². The summed E-state index contributed by atoms with van der Waals surface area (Å²) in [4.78, 5) is 27.9. The Hall–Kier alpha value is -1.32. The molecule has 2 fully saturated rings. The lowest BCUT2D eigenvalue weighted by Crippen LogP contribution is -2.38. The Labute approximate surface area is 128 Å². The first kappa shape index (κ1) is 16.1. The molecule has 0 aromatic carbocycles. The van der Waals surface area contributed by atoms with Crippen LogP contribution in [-0.2, 0) is 9.59 Å². The van der Waals surface area contributed by atoms with Gasteiger partial charge in [-0.1, -0.05) is 6.08 Å². The second-order valence-electron chi connectivity index (χ2n) is 6.28. The smallest absolute Gasteiger partial charge is 0.222 e. The molecule has 4 nitrogen and oxygen atoms in total. The van der Waals surface area contributed by atoms with Gasteiger partial charge in [-0.25, -0.2) is 0 Å². The van der Waals surface area contributed by atoms with Gasteiger partial charge in [-0.15, -0.1) is 6.58 Å². The van der Waals surface area contributed by atoms with Crippen molar-refractivity contribution in [2.45, 2.75) is 51.4 Å². The second-order valence-corrected chi connectivity index (χ2v) is 6.28. The van der Waals surface area contributed by atoms with Crippen LogP contribution in [-0.4, -0.2) is 47.8 Å². The predicted octanol–water partition coefficient (Wildman–Crippen LogP) is 2.59. The quantitative estimate of drug-likeness (QED) is 0.706. The summed E-state index contributed by atoms with van der Waals surface area (Å²) in [5.74, 6) is 1.19. The number of carbonyl (C=O) groups is 2.